The fourth-order valence-corrected chi connectivity index (χ4v) is 2.05. The van der Waals surface area contributed by atoms with Gasteiger partial charge in [0.1, 0.15) is 11.5 Å². The van der Waals surface area contributed by atoms with Crippen LogP contribution in [0.4, 0.5) is 0 Å². The van der Waals surface area contributed by atoms with Gasteiger partial charge in [0.05, 0.1) is 19.8 Å². The zero-order chi connectivity index (χ0) is 15.6. The van der Waals surface area contributed by atoms with E-state index < -0.39 is 5.97 Å². The number of hydrogen-bond acceptors (Lipinski definition) is 5. The van der Waals surface area contributed by atoms with Gasteiger partial charge in [-0.25, -0.2) is 4.79 Å². The first-order chi connectivity index (χ1) is 10.8. The minimum Gasteiger partial charge on any atom is -0.493 e. The second-order valence-electron chi connectivity index (χ2n) is 4.96. The summed E-state index contributed by atoms with van der Waals surface area (Å²) in [5.41, 5.74) is 0. The van der Waals surface area contributed by atoms with E-state index in [1.807, 2.05) is 24.3 Å². The summed E-state index contributed by atoms with van der Waals surface area (Å²) in [4.78, 5) is 10.8. The molecule has 1 fully saturated rings. The summed E-state index contributed by atoms with van der Waals surface area (Å²) in [6.07, 6.45) is 4.82. The first-order valence-corrected chi connectivity index (χ1v) is 7.58. The quantitative estimate of drug-likeness (QED) is 0.420. The lowest BCUT2D eigenvalue weighted by atomic mass is 10.2. The molecule has 0 aromatic heterocycles. The summed E-state index contributed by atoms with van der Waals surface area (Å²) in [6, 6.07) is 7.44. The lowest BCUT2D eigenvalue weighted by Gasteiger charge is -2.23. The number of ether oxygens (including phenoxy) is 4. The van der Waals surface area contributed by atoms with Crippen molar-refractivity contribution < 1.29 is 23.7 Å². The van der Waals surface area contributed by atoms with E-state index in [0.717, 1.165) is 43.4 Å². The van der Waals surface area contributed by atoms with E-state index in [-0.39, 0.29) is 6.29 Å². The van der Waals surface area contributed by atoms with Crippen LogP contribution >= 0.6 is 0 Å². The Morgan fingerprint density at radius 2 is 2.00 bits per heavy atom. The Kier molecular flexibility index (Phi) is 6.77. The first-order valence-electron chi connectivity index (χ1n) is 7.58. The van der Waals surface area contributed by atoms with Crippen LogP contribution in [0.5, 0.6) is 11.5 Å². The molecule has 1 unspecified atom stereocenters. The Hall–Kier alpha value is -2.01. The van der Waals surface area contributed by atoms with Crippen LogP contribution < -0.4 is 9.47 Å². The topological polar surface area (TPSA) is 54.0 Å². The lowest BCUT2D eigenvalue weighted by molar-refractivity contribution is -0.137. The zero-order valence-electron chi connectivity index (χ0n) is 12.7. The van der Waals surface area contributed by atoms with Crippen LogP contribution in [-0.2, 0) is 14.3 Å². The molecule has 120 valence electrons. The highest BCUT2D eigenvalue weighted by atomic mass is 16.7. The van der Waals surface area contributed by atoms with Gasteiger partial charge in [-0.2, -0.15) is 0 Å². The Bertz CT molecular complexity index is 462. The van der Waals surface area contributed by atoms with Crippen molar-refractivity contribution in [3.63, 3.8) is 0 Å². The van der Waals surface area contributed by atoms with Gasteiger partial charge in [0.25, 0.3) is 0 Å². The minimum atomic E-state index is -0.411. The molecule has 1 aliphatic rings. The molecule has 0 spiro atoms. The van der Waals surface area contributed by atoms with Gasteiger partial charge in [0.15, 0.2) is 6.29 Å². The average molecular weight is 306 g/mol. The molecular formula is C17H22O5. The fourth-order valence-electron chi connectivity index (χ4n) is 2.05. The van der Waals surface area contributed by atoms with Crippen LogP contribution in [0.15, 0.2) is 36.9 Å². The van der Waals surface area contributed by atoms with E-state index in [1.165, 1.54) is 0 Å². The lowest BCUT2D eigenvalue weighted by Crippen LogP contribution is -2.24. The van der Waals surface area contributed by atoms with Crippen molar-refractivity contribution in [3.05, 3.63) is 36.9 Å². The number of benzene rings is 1. The van der Waals surface area contributed by atoms with Crippen molar-refractivity contribution in [3.8, 4) is 11.5 Å². The molecular weight excluding hydrogens is 284 g/mol. The molecule has 5 heteroatoms. The minimum absolute atomic E-state index is 0.139. The zero-order valence-corrected chi connectivity index (χ0v) is 12.7. The molecule has 1 saturated heterocycles. The van der Waals surface area contributed by atoms with Gasteiger partial charge in [-0.3, -0.25) is 0 Å². The van der Waals surface area contributed by atoms with Crippen LogP contribution in [-0.4, -0.2) is 32.1 Å². The Morgan fingerprint density at radius 3 is 2.68 bits per heavy atom. The van der Waals surface area contributed by atoms with Gasteiger partial charge in [-0.05, 0) is 37.1 Å². The summed E-state index contributed by atoms with van der Waals surface area (Å²) >= 11 is 0. The number of rotatable bonds is 8. The normalized spacial score (nSPS) is 17.5. The number of esters is 1. The maximum atomic E-state index is 10.8. The van der Waals surface area contributed by atoms with Gasteiger partial charge >= 0.3 is 5.97 Å². The van der Waals surface area contributed by atoms with Gasteiger partial charge in [0, 0.05) is 18.9 Å². The summed E-state index contributed by atoms with van der Waals surface area (Å²) in [5.74, 6) is 1.12. The predicted octanol–water partition coefficient (Wildman–Crippen LogP) is 3.09. The highest BCUT2D eigenvalue weighted by Gasteiger charge is 2.14. The Labute approximate surface area is 130 Å². The standard InChI is InChI=1S/C17H22O5/c1-2-16(18)20-13-5-12-19-14-7-9-15(10-8-14)22-17-6-3-4-11-21-17/h2,7-10,17H,1,3-6,11-13H2. The Morgan fingerprint density at radius 1 is 1.23 bits per heavy atom. The first kappa shape index (κ1) is 16.4. The van der Waals surface area contributed by atoms with Crippen molar-refractivity contribution in [2.24, 2.45) is 0 Å². The molecule has 0 bridgehead atoms. The van der Waals surface area contributed by atoms with Crippen molar-refractivity contribution in [1.82, 2.24) is 0 Å². The van der Waals surface area contributed by atoms with Gasteiger partial charge in [0.2, 0.25) is 0 Å². The second-order valence-corrected chi connectivity index (χ2v) is 4.96. The van der Waals surface area contributed by atoms with E-state index in [1.54, 1.807) is 0 Å². The van der Waals surface area contributed by atoms with E-state index >= 15 is 0 Å². The van der Waals surface area contributed by atoms with E-state index in [9.17, 15) is 4.79 Å². The second kappa shape index (κ2) is 9.10. The molecule has 0 radical (unpaired) electrons. The highest BCUT2D eigenvalue weighted by molar-refractivity contribution is 5.81. The third-order valence-electron chi connectivity index (χ3n) is 3.20. The van der Waals surface area contributed by atoms with Gasteiger partial charge in [-0.15, -0.1) is 0 Å². The monoisotopic (exact) mass is 306 g/mol. The molecule has 0 saturated carbocycles. The SMILES string of the molecule is C=CC(=O)OCCCOc1ccc(OC2CCCCO2)cc1. The molecule has 1 aromatic carbocycles. The van der Waals surface area contributed by atoms with Crippen molar-refractivity contribution in [2.45, 2.75) is 32.0 Å². The van der Waals surface area contributed by atoms with Crippen LogP contribution in [0.2, 0.25) is 0 Å². The molecule has 1 aliphatic heterocycles. The number of carbonyl (C=O) groups is 1. The molecule has 0 aliphatic carbocycles. The van der Waals surface area contributed by atoms with Crippen molar-refractivity contribution in [2.75, 3.05) is 19.8 Å². The maximum absolute atomic E-state index is 10.8. The van der Waals surface area contributed by atoms with E-state index in [0.29, 0.717) is 19.6 Å². The number of hydrogen-bond donors (Lipinski definition) is 0. The van der Waals surface area contributed by atoms with Crippen LogP contribution in [0.1, 0.15) is 25.7 Å². The third-order valence-corrected chi connectivity index (χ3v) is 3.20. The molecule has 0 N–H and O–H groups in total. The molecule has 22 heavy (non-hydrogen) atoms. The molecule has 1 heterocycles. The van der Waals surface area contributed by atoms with E-state index in [4.69, 9.17) is 18.9 Å². The predicted molar refractivity (Wildman–Crippen MR) is 81.9 cm³/mol. The van der Waals surface area contributed by atoms with Crippen molar-refractivity contribution in [1.29, 1.82) is 0 Å². The molecule has 0 amide bonds. The largest absolute Gasteiger partial charge is 0.493 e. The summed E-state index contributed by atoms with van der Waals surface area (Å²) < 4.78 is 21.7. The van der Waals surface area contributed by atoms with Gasteiger partial charge in [-0.1, -0.05) is 6.58 Å². The summed E-state index contributed by atoms with van der Waals surface area (Å²) in [5, 5.41) is 0. The fraction of sp³-hybridized carbons (Fsp3) is 0.471. The smallest absolute Gasteiger partial charge is 0.330 e. The van der Waals surface area contributed by atoms with Gasteiger partial charge < -0.3 is 18.9 Å². The van der Waals surface area contributed by atoms with Crippen LogP contribution in [0, 0.1) is 0 Å². The Balaban J connectivity index is 1.65. The van der Waals surface area contributed by atoms with Crippen LogP contribution in [0.3, 0.4) is 0 Å². The van der Waals surface area contributed by atoms with E-state index in [2.05, 4.69) is 6.58 Å². The highest BCUT2D eigenvalue weighted by Crippen LogP contribution is 2.22. The molecule has 5 nitrogen and oxygen atoms in total. The summed E-state index contributed by atoms with van der Waals surface area (Å²) in [7, 11) is 0. The van der Waals surface area contributed by atoms with Crippen molar-refractivity contribution >= 4 is 5.97 Å². The summed E-state index contributed by atoms with van der Waals surface area (Å²) in [6.45, 7) is 4.90. The number of carbonyl (C=O) groups excluding carboxylic acids is 1. The molecule has 2 rings (SSSR count). The maximum Gasteiger partial charge on any atom is 0.330 e. The molecule has 1 aromatic rings. The molecule has 1 atom stereocenters. The van der Waals surface area contributed by atoms with Crippen LogP contribution in [0.25, 0.3) is 0 Å². The third kappa shape index (κ3) is 5.77. The average Bonchev–Trinajstić information content (AvgIpc) is 2.57.